The molecule has 0 bridgehead atoms. The van der Waals surface area contributed by atoms with E-state index in [-0.39, 0.29) is 32.0 Å². The molecule has 1 N–H and O–H groups in total. The van der Waals surface area contributed by atoms with E-state index in [4.69, 9.17) is 4.74 Å². The first-order valence-corrected chi connectivity index (χ1v) is 9.55. The zero-order valence-electron chi connectivity index (χ0n) is 17.2. The molecule has 0 heterocycles. The molecule has 2 amide bonds. The zero-order valence-corrected chi connectivity index (χ0v) is 17.2. The SMILES string of the molecule is CCN(Cc1cccc(NC(=O)CCOc2ccc(C)cc2C)c1)C(=O)C(F)(F)F. The van der Waals surface area contributed by atoms with Crippen LogP contribution in [0.5, 0.6) is 5.75 Å². The molecule has 0 aliphatic rings. The summed E-state index contributed by atoms with van der Waals surface area (Å²) in [5.41, 5.74) is 3.03. The van der Waals surface area contributed by atoms with Crippen molar-refractivity contribution in [2.45, 2.75) is 39.9 Å². The number of benzene rings is 2. The standard InChI is InChI=1S/C22H25F3N2O3/c1-4-27(21(29)22(23,24)25)14-17-6-5-7-18(13-17)26-20(28)10-11-30-19-9-8-15(2)12-16(19)3/h5-9,12-13H,4,10-11,14H2,1-3H3,(H,26,28). The quantitative estimate of drug-likeness (QED) is 0.675. The Bertz CT molecular complexity index is 897. The van der Waals surface area contributed by atoms with Crippen molar-refractivity contribution >= 4 is 17.5 Å². The molecule has 0 saturated heterocycles. The number of amides is 2. The van der Waals surface area contributed by atoms with Crippen LogP contribution in [0.2, 0.25) is 0 Å². The number of rotatable bonds is 8. The second-order valence-corrected chi connectivity index (χ2v) is 6.93. The van der Waals surface area contributed by atoms with Crippen LogP contribution in [0.4, 0.5) is 18.9 Å². The van der Waals surface area contributed by atoms with Gasteiger partial charge >= 0.3 is 12.1 Å². The lowest BCUT2D eigenvalue weighted by Crippen LogP contribution is -2.40. The van der Waals surface area contributed by atoms with E-state index >= 15 is 0 Å². The Labute approximate surface area is 173 Å². The van der Waals surface area contributed by atoms with Crippen LogP contribution in [0.1, 0.15) is 30.0 Å². The lowest BCUT2D eigenvalue weighted by atomic mass is 10.1. The first kappa shape index (κ1) is 23.3. The minimum absolute atomic E-state index is 0.0787. The van der Waals surface area contributed by atoms with E-state index in [2.05, 4.69) is 5.32 Å². The number of hydrogen-bond acceptors (Lipinski definition) is 3. The van der Waals surface area contributed by atoms with Gasteiger partial charge in [-0.3, -0.25) is 9.59 Å². The van der Waals surface area contributed by atoms with Crippen molar-refractivity contribution in [3.05, 3.63) is 59.2 Å². The van der Waals surface area contributed by atoms with Crippen molar-refractivity contribution in [3.63, 3.8) is 0 Å². The summed E-state index contributed by atoms with van der Waals surface area (Å²) in [5.74, 6) is -1.46. The monoisotopic (exact) mass is 422 g/mol. The second kappa shape index (κ2) is 10.1. The summed E-state index contributed by atoms with van der Waals surface area (Å²) < 4.78 is 43.6. The number of nitrogens with one attached hydrogen (secondary N) is 1. The fourth-order valence-electron chi connectivity index (χ4n) is 2.91. The Balaban J connectivity index is 1.91. The largest absolute Gasteiger partial charge is 0.493 e. The Morgan fingerprint density at radius 1 is 1.10 bits per heavy atom. The molecule has 2 aromatic rings. The Kier molecular flexibility index (Phi) is 7.86. The fourth-order valence-corrected chi connectivity index (χ4v) is 2.91. The van der Waals surface area contributed by atoms with Crippen molar-refractivity contribution in [1.82, 2.24) is 4.90 Å². The van der Waals surface area contributed by atoms with Gasteiger partial charge in [-0.2, -0.15) is 13.2 Å². The van der Waals surface area contributed by atoms with Gasteiger partial charge in [0.1, 0.15) is 5.75 Å². The molecule has 30 heavy (non-hydrogen) atoms. The number of aryl methyl sites for hydroxylation is 2. The lowest BCUT2D eigenvalue weighted by Gasteiger charge is -2.22. The molecule has 162 valence electrons. The molecule has 0 spiro atoms. The molecule has 2 aromatic carbocycles. The highest BCUT2D eigenvalue weighted by Gasteiger charge is 2.41. The van der Waals surface area contributed by atoms with Crippen LogP contribution in [0.25, 0.3) is 0 Å². The van der Waals surface area contributed by atoms with Gasteiger partial charge in [0, 0.05) is 18.8 Å². The molecule has 0 aromatic heterocycles. The first-order valence-electron chi connectivity index (χ1n) is 9.55. The molecule has 2 rings (SSSR count). The predicted octanol–water partition coefficient (Wildman–Crippen LogP) is 4.62. The third-order valence-electron chi connectivity index (χ3n) is 4.41. The molecule has 0 saturated carbocycles. The molecule has 0 aliphatic heterocycles. The van der Waals surface area contributed by atoms with Crippen LogP contribution in [0.3, 0.4) is 0 Å². The molecule has 0 aliphatic carbocycles. The van der Waals surface area contributed by atoms with Gasteiger partial charge < -0.3 is 15.0 Å². The molecule has 5 nitrogen and oxygen atoms in total. The smallest absolute Gasteiger partial charge is 0.471 e. The minimum atomic E-state index is -4.92. The van der Waals surface area contributed by atoms with Crippen LogP contribution in [0.15, 0.2) is 42.5 Å². The predicted molar refractivity (Wildman–Crippen MR) is 108 cm³/mol. The molecule has 0 unspecified atom stereocenters. The number of alkyl halides is 3. The summed E-state index contributed by atoms with van der Waals surface area (Å²) in [7, 11) is 0. The summed E-state index contributed by atoms with van der Waals surface area (Å²) >= 11 is 0. The molecular formula is C22H25F3N2O3. The van der Waals surface area contributed by atoms with Gasteiger partial charge in [0.05, 0.1) is 13.0 Å². The zero-order chi connectivity index (χ0) is 22.3. The maximum atomic E-state index is 12.7. The highest BCUT2D eigenvalue weighted by molar-refractivity contribution is 5.90. The van der Waals surface area contributed by atoms with Crippen LogP contribution < -0.4 is 10.1 Å². The van der Waals surface area contributed by atoms with Gasteiger partial charge in [-0.1, -0.05) is 29.8 Å². The van der Waals surface area contributed by atoms with E-state index in [1.54, 1.807) is 24.3 Å². The average Bonchev–Trinajstić information content (AvgIpc) is 2.67. The number of hydrogen-bond donors (Lipinski definition) is 1. The van der Waals surface area contributed by atoms with Crippen molar-refractivity contribution in [2.24, 2.45) is 0 Å². The number of carbonyl (C=O) groups is 2. The lowest BCUT2D eigenvalue weighted by molar-refractivity contribution is -0.185. The summed E-state index contributed by atoms with van der Waals surface area (Å²) in [6.07, 6.45) is -4.80. The highest BCUT2D eigenvalue weighted by atomic mass is 19.4. The van der Waals surface area contributed by atoms with E-state index in [0.717, 1.165) is 11.1 Å². The summed E-state index contributed by atoms with van der Waals surface area (Å²) in [6, 6.07) is 12.2. The molecule has 0 atom stereocenters. The van der Waals surface area contributed by atoms with Gasteiger partial charge in [-0.15, -0.1) is 0 Å². The Hall–Kier alpha value is -3.03. The first-order chi connectivity index (χ1) is 14.1. The second-order valence-electron chi connectivity index (χ2n) is 6.93. The van der Waals surface area contributed by atoms with Crippen LogP contribution in [0, 0.1) is 13.8 Å². The van der Waals surface area contributed by atoms with Gasteiger partial charge in [-0.25, -0.2) is 0 Å². The van der Waals surface area contributed by atoms with Crippen molar-refractivity contribution < 1.29 is 27.5 Å². The maximum absolute atomic E-state index is 12.7. The van der Waals surface area contributed by atoms with E-state index in [9.17, 15) is 22.8 Å². The molecule has 0 radical (unpaired) electrons. The van der Waals surface area contributed by atoms with Gasteiger partial charge in [0.2, 0.25) is 5.91 Å². The maximum Gasteiger partial charge on any atom is 0.471 e. The number of ether oxygens (including phenoxy) is 1. The van der Waals surface area contributed by atoms with E-state index in [1.807, 2.05) is 32.0 Å². The summed E-state index contributed by atoms with van der Waals surface area (Å²) in [5, 5.41) is 2.70. The van der Waals surface area contributed by atoms with Gasteiger partial charge in [-0.05, 0) is 50.1 Å². The Morgan fingerprint density at radius 3 is 2.47 bits per heavy atom. The molecular weight excluding hydrogens is 397 g/mol. The van der Waals surface area contributed by atoms with E-state index in [0.29, 0.717) is 21.9 Å². The van der Waals surface area contributed by atoms with Crippen LogP contribution in [-0.2, 0) is 16.1 Å². The van der Waals surface area contributed by atoms with Crippen molar-refractivity contribution in [1.29, 1.82) is 0 Å². The van der Waals surface area contributed by atoms with E-state index < -0.39 is 12.1 Å². The number of nitrogens with zero attached hydrogens (tertiary/aromatic N) is 1. The van der Waals surface area contributed by atoms with Gasteiger partial charge in [0.25, 0.3) is 0 Å². The normalized spacial score (nSPS) is 11.1. The minimum Gasteiger partial charge on any atom is -0.493 e. The van der Waals surface area contributed by atoms with Crippen molar-refractivity contribution in [3.8, 4) is 5.75 Å². The van der Waals surface area contributed by atoms with Gasteiger partial charge in [0.15, 0.2) is 0 Å². The fraction of sp³-hybridized carbons (Fsp3) is 0.364. The topological polar surface area (TPSA) is 58.6 Å². The summed E-state index contributed by atoms with van der Waals surface area (Å²) in [4.78, 5) is 24.3. The Morgan fingerprint density at radius 2 is 1.83 bits per heavy atom. The third-order valence-corrected chi connectivity index (χ3v) is 4.41. The average molecular weight is 422 g/mol. The summed E-state index contributed by atoms with van der Waals surface area (Å²) in [6.45, 7) is 5.30. The van der Waals surface area contributed by atoms with Crippen molar-refractivity contribution in [2.75, 3.05) is 18.5 Å². The van der Waals surface area contributed by atoms with Crippen LogP contribution in [-0.4, -0.2) is 36.0 Å². The van der Waals surface area contributed by atoms with E-state index in [1.165, 1.54) is 6.92 Å². The number of carbonyl (C=O) groups excluding carboxylic acids is 2. The molecule has 0 fully saturated rings. The number of anilines is 1. The van der Waals surface area contributed by atoms with Crippen LogP contribution >= 0.6 is 0 Å². The number of halogens is 3. The molecule has 8 heteroatoms. The highest BCUT2D eigenvalue weighted by Crippen LogP contribution is 2.21. The third kappa shape index (κ3) is 6.79.